The van der Waals surface area contributed by atoms with Gasteiger partial charge >= 0.3 is 6.09 Å². The second-order valence-electron chi connectivity index (χ2n) is 8.41. The maximum absolute atomic E-state index is 11.9. The van der Waals surface area contributed by atoms with Crippen LogP contribution in [0.15, 0.2) is 36.4 Å². The van der Waals surface area contributed by atoms with Crippen LogP contribution in [-0.2, 0) is 30.7 Å². The molecule has 2 aromatic rings. The van der Waals surface area contributed by atoms with E-state index in [1.807, 2.05) is 32.9 Å². The van der Waals surface area contributed by atoms with Gasteiger partial charge in [-0.05, 0) is 69.0 Å². The minimum atomic E-state index is -0.476. The van der Waals surface area contributed by atoms with Crippen molar-refractivity contribution in [2.24, 2.45) is 0 Å². The number of nitrogens with one attached hydrogen (secondary N) is 1. The minimum Gasteiger partial charge on any atom is -0.508 e. The van der Waals surface area contributed by atoms with Gasteiger partial charge in [0, 0.05) is 25.2 Å². The van der Waals surface area contributed by atoms with Gasteiger partial charge in [0.2, 0.25) is 0 Å². The summed E-state index contributed by atoms with van der Waals surface area (Å²) in [5.41, 5.74) is 3.81. The van der Waals surface area contributed by atoms with E-state index in [0.717, 1.165) is 36.2 Å². The molecule has 3 N–H and O–H groups in total. The minimum absolute atomic E-state index is 0. The number of phenolic OH excluding ortho intramolecular Hbond substituents is 2. The quantitative estimate of drug-likeness (QED) is 0.580. The number of phenols is 2. The number of carbonyl (C=O) groups excluding carboxylic acids is 1. The molecule has 6 nitrogen and oxygen atoms in total. The molecule has 0 atom stereocenters. The molecule has 2 heterocycles. The number of ether oxygens (including phenoxy) is 1. The van der Waals surface area contributed by atoms with Crippen molar-refractivity contribution in [3.8, 4) is 11.5 Å². The highest BCUT2D eigenvalue weighted by Gasteiger charge is 2.26. The summed E-state index contributed by atoms with van der Waals surface area (Å²) in [5.74, 6) is 0.764. The molecule has 0 spiro atoms. The summed E-state index contributed by atoms with van der Waals surface area (Å²) < 4.78 is 5.35. The molecule has 164 valence electrons. The molecule has 0 saturated heterocycles. The third kappa shape index (κ3) is 6.03. The van der Waals surface area contributed by atoms with Crippen LogP contribution in [0.25, 0.3) is 0 Å². The summed E-state index contributed by atoms with van der Waals surface area (Å²) >= 11 is 0. The first-order valence-electron chi connectivity index (χ1n) is 10.0. The van der Waals surface area contributed by atoms with E-state index in [0.29, 0.717) is 31.0 Å². The molecule has 0 bridgehead atoms. The lowest BCUT2D eigenvalue weighted by Crippen LogP contribution is -2.39. The van der Waals surface area contributed by atoms with Crippen molar-refractivity contribution >= 4 is 18.5 Å². The zero-order valence-corrected chi connectivity index (χ0v) is 18.6. The lowest BCUT2D eigenvalue weighted by molar-refractivity contribution is 0.0223. The predicted octanol–water partition coefficient (Wildman–Crippen LogP) is 4.15. The first-order valence-corrected chi connectivity index (χ1v) is 10.0. The predicted molar refractivity (Wildman–Crippen MR) is 119 cm³/mol. The molecule has 1 amide bonds. The van der Waals surface area contributed by atoms with Gasteiger partial charge in [-0.3, -0.25) is 0 Å². The number of halogens is 1. The van der Waals surface area contributed by atoms with Gasteiger partial charge in [0.15, 0.2) is 0 Å². The summed E-state index contributed by atoms with van der Waals surface area (Å²) in [6.45, 7) is 8.52. The van der Waals surface area contributed by atoms with Crippen molar-refractivity contribution < 1.29 is 19.7 Å². The molecule has 0 radical (unpaired) electrons. The average molecular weight is 435 g/mol. The molecule has 7 heteroatoms. The summed E-state index contributed by atoms with van der Waals surface area (Å²) in [6.07, 6.45) is 1.32. The Morgan fingerprint density at radius 2 is 1.60 bits per heavy atom. The highest BCUT2D eigenvalue weighted by molar-refractivity contribution is 5.85. The second-order valence-corrected chi connectivity index (χ2v) is 8.41. The molecular formula is C23H31ClN2O4. The van der Waals surface area contributed by atoms with Crippen LogP contribution in [0.2, 0.25) is 0 Å². The largest absolute Gasteiger partial charge is 0.508 e. The molecule has 2 aliphatic heterocycles. The van der Waals surface area contributed by atoms with Crippen LogP contribution < -0.4 is 5.32 Å². The maximum Gasteiger partial charge on any atom is 0.410 e. The van der Waals surface area contributed by atoms with E-state index in [9.17, 15) is 15.0 Å². The summed E-state index contributed by atoms with van der Waals surface area (Å²) in [6, 6.07) is 11.1. The Balaban J connectivity index is 0.000000229. The Labute approximate surface area is 184 Å². The van der Waals surface area contributed by atoms with Crippen molar-refractivity contribution in [1.29, 1.82) is 0 Å². The monoisotopic (exact) mass is 434 g/mol. The van der Waals surface area contributed by atoms with Crippen LogP contribution in [0.3, 0.4) is 0 Å². The molecule has 0 unspecified atom stereocenters. The Kier molecular flexibility index (Phi) is 7.98. The summed E-state index contributed by atoms with van der Waals surface area (Å²) in [5, 5.41) is 22.4. The van der Waals surface area contributed by atoms with Crippen molar-refractivity contribution in [3.05, 3.63) is 58.7 Å². The second kappa shape index (κ2) is 10.0. The van der Waals surface area contributed by atoms with Crippen LogP contribution in [0.5, 0.6) is 11.5 Å². The maximum atomic E-state index is 11.9. The lowest BCUT2D eigenvalue weighted by atomic mass is 9.99. The zero-order valence-electron chi connectivity index (χ0n) is 17.8. The van der Waals surface area contributed by atoms with Crippen molar-refractivity contribution in [1.82, 2.24) is 10.2 Å². The third-order valence-corrected chi connectivity index (χ3v) is 5.01. The number of amides is 1. The zero-order chi connectivity index (χ0) is 21.0. The van der Waals surface area contributed by atoms with Crippen LogP contribution in [0.1, 0.15) is 43.0 Å². The molecule has 4 rings (SSSR count). The van der Waals surface area contributed by atoms with E-state index < -0.39 is 5.60 Å². The van der Waals surface area contributed by atoms with Gasteiger partial charge in [-0.25, -0.2) is 4.79 Å². The van der Waals surface area contributed by atoms with E-state index >= 15 is 0 Å². The number of hydrogen-bond donors (Lipinski definition) is 3. The molecule has 2 aromatic carbocycles. The van der Waals surface area contributed by atoms with Crippen LogP contribution in [0, 0.1) is 0 Å². The van der Waals surface area contributed by atoms with Crippen LogP contribution in [-0.4, -0.2) is 39.9 Å². The van der Waals surface area contributed by atoms with Gasteiger partial charge in [0.25, 0.3) is 0 Å². The highest BCUT2D eigenvalue weighted by Crippen LogP contribution is 2.27. The summed E-state index contributed by atoms with van der Waals surface area (Å²) in [7, 11) is 0. The number of fused-ring (bicyclic) bond motifs is 2. The number of nitrogens with zero attached hydrogens (tertiary/aromatic N) is 1. The Hall–Kier alpha value is -2.44. The molecule has 2 aliphatic rings. The lowest BCUT2D eigenvalue weighted by Gasteiger charge is -2.31. The van der Waals surface area contributed by atoms with Crippen LogP contribution >= 0.6 is 12.4 Å². The standard InChI is InChI=1S/C14H19NO3.C9H11NO.ClH/c1-14(2,3)18-13(17)15-8-7-11-10(9-15)5-4-6-12(11)16;11-9-3-1-2-7-6-10-5-4-8(7)9;/h4-6,16H,7-9H2,1-3H3;1-3,10-11H,4-6H2;1H. The number of aromatic hydroxyl groups is 2. The topological polar surface area (TPSA) is 82.0 Å². The first-order chi connectivity index (χ1) is 13.7. The van der Waals surface area contributed by atoms with E-state index in [4.69, 9.17) is 4.74 Å². The Morgan fingerprint density at radius 3 is 2.20 bits per heavy atom. The van der Waals surface area contributed by atoms with Crippen LogP contribution in [0.4, 0.5) is 4.79 Å². The van der Waals surface area contributed by atoms with E-state index in [2.05, 4.69) is 11.4 Å². The average Bonchev–Trinajstić information content (AvgIpc) is 2.68. The molecule has 0 aliphatic carbocycles. The fraction of sp³-hybridized carbons (Fsp3) is 0.435. The molecule has 0 fully saturated rings. The van der Waals surface area contributed by atoms with Gasteiger partial charge in [0.1, 0.15) is 17.1 Å². The summed E-state index contributed by atoms with van der Waals surface area (Å²) in [4.78, 5) is 13.6. The van der Waals surface area contributed by atoms with Crippen molar-refractivity contribution in [2.45, 2.75) is 52.3 Å². The molecule has 0 saturated carbocycles. The Bertz CT molecular complexity index is 880. The fourth-order valence-electron chi connectivity index (χ4n) is 3.58. The van der Waals surface area contributed by atoms with Gasteiger partial charge in [-0.15, -0.1) is 12.4 Å². The SMILES string of the molecule is CC(C)(C)OC(=O)N1CCc2c(O)cccc2C1.Cl.Oc1cccc2c1CCNC2. The van der Waals surface area contributed by atoms with Gasteiger partial charge in [-0.2, -0.15) is 0 Å². The van der Waals surface area contributed by atoms with Crippen molar-refractivity contribution in [3.63, 3.8) is 0 Å². The van der Waals surface area contributed by atoms with Gasteiger partial charge in [-0.1, -0.05) is 24.3 Å². The van der Waals surface area contributed by atoms with E-state index in [1.165, 1.54) is 5.56 Å². The molecular weight excluding hydrogens is 404 g/mol. The highest BCUT2D eigenvalue weighted by atomic mass is 35.5. The van der Waals surface area contributed by atoms with Gasteiger partial charge < -0.3 is 25.2 Å². The molecule has 0 aromatic heterocycles. The number of hydrogen-bond acceptors (Lipinski definition) is 5. The van der Waals surface area contributed by atoms with E-state index in [1.54, 1.807) is 23.1 Å². The number of rotatable bonds is 0. The fourth-order valence-corrected chi connectivity index (χ4v) is 3.58. The molecule has 30 heavy (non-hydrogen) atoms. The van der Waals surface area contributed by atoms with Gasteiger partial charge in [0.05, 0.1) is 0 Å². The normalized spacial score (nSPS) is 15.0. The smallest absolute Gasteiger partial charge is 0.410 e. The first kappa shape index (κ1) is 23.8. The van der Waals surface area contributed by atoms with E-state index in [-0.39, 0.29) is 18.5 Å². The van der Waals surface area contributed by atoms with Crippen molar-refractivity contribution in [2.75, 3.05) is 13.1 Å². The number of carbonyl (C=O) groups is 1. The number of benzene rings is 2. The third-order valence-electron chi connectivity index (χ3n) is 5.01. The Morgan fingerprint density at radius 1 is 1.00 bits per heavy atom.